The first-order chi connectivity index (χ1) is 15.1. The number of benzene rings is 2. The molecule has 2 aromatic rings. The molecule has 3 rings (SSSR count). The summed E-state index contributed by atoms with van der Waals surface area (Å²) >= 11 is 12.1. The molecule has 0 aliphatic carbocycles. The van der Waals surface area contributed by atoms with E-state index in [1.165, 1.54) is 12.1 Å². The van der Waals surface area contributed by atoms with Crippen molar-refractivity contribution in [2.45, 2.75) is 51.5 Å². The van der Waals surface area contributed by atoms with Gasteiger partial charge in [0.15, 0.2) is 0 Å². The third-order valence-corrected chi connectivity index (χ3v) is 5.68. The van der Waals surface area contributed by atoms with Gasteiger partial charge in [-0.25, -0.2) is 4.39 Å². The lowest BCUT2D eigenvalue weighted by atomic mass is 10.0. The zero-order valence-electron chi connectivity index (χ0n) is 18.5. The second kappa shape index (κ2) is 10.9. The molecule has 0 unspecified atom stereocenters. The number of oxime groups is 1. The van der Waals surface area contributed by atoms with Crippen molar-refractivity contribution in [3.05, 3.63) is 69.5 Å². The van der Waals surface area contributed by atoms with Crippen LogP contribution in [-0.4, -0.2) is 53.2 Å². The molecule has 0 radical (unpaired) electrons. The number of ether oxygens (including phenoxy) is 1. The van der Waals surface area contributed by atoms with Crippen molar-refractivity contribution in [2.75, 3.05) is 19.7 Å². The minimum Gasteiger partial charge on any atom is -0.390 e. The van der Waals surface area contributed by atoms with Gasteiger partial charge in [-0.15, -0.1) is 0 Å². The van der Waals surface area contributed by atoms with Gasteiger partial charge in [0, 0.05) is 31.6 Å². The summed E-state index contributed by atoms with van der Waals surface area (Å²) in [5.41, 5.74) is 2.27. The first kappa shape index (κ1) is 24.9. The SMILES string of the molecule is CC(C)(C)OC[C@@H](O)CN(Cc1ccc(F)cc1)C[C@@H]1CC(c2ccc(Cl)c(Cl)c2)=NO1. The van der Waals surface area contributed by atoms with Gasteiger partial charge < -0.3 is 14.7 Å². The molecule has 0 spiro atoms. The van der Waals surface area contributed by atoms with Gasteiger partial charge >= 0.3 is 0 Å². The van der Waals surface area contributed by atoms with Crippen LogP contribution in [-0.2, 0) is 16.1 Å². The fourth-order valence-electron chi connectivity index (χ4n) is 3.41. The van der Waals surface area contributed by atoms with Crippen LogP contribution >= 0.6 is 23.2 Å². The van der Waals surface area contributed by atoms with E-state index in [0.717, 1.165) is 16.8 Å². The summed E-state index contributed by atoms with van der Waals surface area (Å²) in [4.78, 5) is 7.74. The lowest BCUT2D eigenvalue weighted by Gasteiger charge is -2.28. The van der Waals surface area contributed by atoms with Crippen molar-refractivity contribution in [3.63, 3.8) is 0 Å². The van der Waals surface area contributed by atoms with Crippen LogP contribution < -0.4 is 0 Å². The second-order valence-electron chi connectivity index (χ2n) is 9.00. The van der Waals surface area contributed by atoms with Crippen molar-refractivity contribution in [3.8, 4) is 0 Å². The van der Waals surface area contributed by atoms with Crippen LogP contribution in [0, 0.1) is 5.82 Å². The summed E-state index contributed by atoms with van der Waals surface area (Å²) in [7, 11) is 0. The van der Waals surface area contributed by atoms with Gasteiger partial charge in [-0.2, -0.15) is 0 Å². The van der Waals surface area contributed by atoms with Gasteiger partial charge in [0.25, 0.3) is 0 Å². The van der Waals surface area contributed by atoms with Gasteiger partial charge in [0.1, 0.15) is 11.9 Å². The Bertz CT molecular complexity index is 932. The first-order valence-electron chi connectivity index (χ1n) is 10.6. The Hall–Kier alpha value is -1.70. The molecule has 0 saturated heterocycles. The van der Waals surface area contributed by atoms with Crippen LogP contribution in [0.2, 0.25) is 10.0 Å². The first-order valence-corrected chi connectivity index (χ1v) is 11.3. The Kier molecular flexibility index (Phi) is 8.53. The summed E-state index contributed by atoms with van der Waals surface area (Å²) in [6.07, 6.45) is -0.255. The topological polar surface area (TPSA) is 54.3 Å². The van der Waals surface area contributed by atoms with Crippen molar-refractivity contribution in [2.24, 2.45) is 5.16 Å². The van der Waals surface area contributed by atoms with E-state index in [4.69, 9.17) is 32.8 Å². The molecule has 1 heterocycles. The van der Waals surface area contributed by atoms with Crippen molar-refractivity contribution in [1.29, 1.82) is 0 Å². The van der Waals surface area contributed by atoms with Crippen LogP contribution in [0.3, 0.4) is 0 Å². The Morgan fingerprint density at radius 2 is 1.91 bits per heavy atom. The summed E-state index contributed by atoms with van der Waals surface area (Å²) in [5, 5.41) is 15.7. The lowest BCUT2D eigenvalue weighted by Crippen LogP contribution is -2.40. The number of rotatable bonds is 9. The third-order valence-electron chi connectivity index (χ3n) is 4.94. The number of hydrogen-bond donors (Lipinski definition) is 1. The highest BCUT2D eigenvalue weighted by atomic mass is 35.5. The van der Waals surface area contributed by atoms with Crippen LogP contribution in [0.25, 0.3) is 0 Å². The molecule has 0 amide bonds. The lowest BCUT2D eigenvalue weighted by molar-refractivity contribution is -0.0600. The number of aliphatic hydroxyl groups excluding tert-OH is 1. The Labute approximate surface area is 198 Å². The normalized spacial score (nSPS) is 17.4. The smallest absolute Gasteiger partial charge is 0.145 e. The summed E-state index contributed by atoms with van der Waals surface area (Å²) in [6.45, 7) is 7.53. The van der Waals surface area contributed by atoms with Gasteiger partial charge in [0.05, 0.1) is 34.1 Å². The molecule has 32 heavy (non-hydrogen) atoms. The monoisotopic (exact) mass is 482 g/mol. The van der Waals surface area contributed by atoms with E-state index in [2.05, 4.69) is 10.1 Å². The molecule has 5 nitrogen and oxygen atoms in total. The van der Waals surface area contributed by atoms with Crippen LogP contribution in [0.5, 0.6) is 0 Å². The Morgan fingerprint density at radius 3 is 2.56 bits per heavy atom. The third kappa shape index (κ3) is 7.71. The average molecular weight is 483 g/mol. The number of halogens is 3. The maximum Gasteiger partial charge on any atom is 0.145 e. The van der Waals surface area contributed by atoms with E-state index >= 15 is 0 Å². The second-order valence-corrected chi connectivity index (χ2v) is 9.81. The maximum atomic E-state index is 13.3. The molecule has 2 atom stereocenters. The fourth-order valence-corrected chi connectivity index (χ4v) is 3.71. The van der Waals surface area contributed by atoms with E-state index in [9.17, 15) is 9.50 Å². The summed E-state index contributed by atoms with van der Waals surface area (Å²) in [5.74, 6) is -0.280. The molecule has 0 fully saturated rings. The highest BCUT2D eigenvalue weighted by Gasteiger charge is 2.26. The molecule has 1 aliphatic heterocycles. The average Bonchev–Trinajstić information content (AvgIpc) is 3.18. The zero-order chi connectivity index (χ0) is 23.3. The van der Waals surface area contributed by atoms with E-state index in [1.807, 2.05) is 26.8 Å². The molecule has 0 aromatic heterocycles. The predicted octanol–water partition coefficient (Wildman–Crippen LogP) is 5.30. The number of nitrogens with zero attached hydrogens (tertiary/aromatic N) is 2. The standard InChI is InChI=1S/C24H29Cl2FN2O3/c1-24(2,3)31-15-19(30)13-29(12-16-4-7-18(27)8-5-16)14-20-11-23(28-32-20)17-6-9-21(25)22(26)10-17/h4-10,19-20,30H,11-15H2,1-3H3/t19-,20-/m0/s1. The van der Waals surface area contributed by atoms with E-state index in [-0.39, 0.29) is 24.1 Å². The van der Waals surface area contributed by atoms with E-state index in [0.29, 0.717) is 36.1 Å². The van der Waals surface area contributed by atoms with Crippen LogP contribution in [0.4, 0.5) is 4.39 Å². The maximum absolute atomic E-state index is 13.3. The Morgan fingerprint density at radius 1 is 1.19 bits per heavy atom. The van der Waals surface area contributed by atoms with Crippen molar-refractivity contribution < 1.29 is 19.1 Å². The van der Waals surface area contributed by atoms with Gasteiger partial charge in [-0.1, -0.05) is 46.6 Å². The highest BCUT2D eigenvalue weighted by molar-refractivity contribution is 6.42. The van der Waals surface area contributed by atoms with Gasteiger partial charge in [-0.3, -0.25) is 4.90 Å². The molecule has 0 bridgehead atoms. The van der Waals surface area contributed by atoms with E-state index < -0.39 is 6.10 Å². The van der Waals surface area contributed by atoms with Crippen molar-refractivity contribution in [1.82, 2.24) is 4.90 Å². The largest absolute Gasteiger partial charge is 0.390 e. The van der Waals surface area contributed by atoms with Crippen molar-refractivity contribution >= 4 is 28.9 Å². The number of hydrogen-bond acceptors (Lipinski definition) is 5. The Balaban J connectivity index is 1.63. The molecule has 1 N–H and O–H groups in total. The van der Waals surface area contributed by atoms with Gasteiger partial charge in [-0.05, 0) is 50.6 Å². The predicted molar refractivity (Wildman–Crippen MR) is 126 cm³/mol. The zero-order valence-corrected chi connectivity index (χ0v) is 20.0. The molecular formula is C24H29Cl2FN2O3. The molecule has 8 heteroatoms. The highest BCUT2D eigenvalue weighted by Crippen LogP contribution is 2.26. The van der Waals surface area contributed by atoms with E-state index in [1.54, 1.807) is 24.3 Å². The fraction of sp³-hybridized carbons (Fsp3) is 0.458. The molecule has 174 valence electrons. The molecule has 1 aliphatic rings. The summed E-state index contributed by atoms with van der Waals surface area (Å²) in [6, 6.07) is 11.7. The van der Waals surface area contributed by atoms with Gasteiger partial charge in [0.2, 0.25) is 0 Å². The molecular weight excluding hydrogens is 454 g/mol. The van der Waals surface area contributed by atoms with Crippen LogP contribution in [0.1, 0.15) is 38.3 Å². The quantitative estimate of drug-likeness (QED) is 0.526. The number of aliphatic hydroxyl groups is 1. The molecule has 2 aromatic carbocycles. The molecule has 0 saturated carbocycles. The summed E-state index contributed by atoms with van der Waals surface area (Å²) < 4.78 is 19.0. The van der Waals surface area contributed by atoms with Crippen LogP contribution in [0.15, 0.2) is 47.6 Å². The minimum absolute atomic E-state index is 0.185. The minimum atomic E-state index is -0.675.